The van der Waals surface area contributed by atoms with Gasteiger partial charge in [-0.15, -0.1) is 0 Å². The third-order valence-corrected chi connectivity index (χ3v) is 8.59. The van der Waals surface area contributed by atoms with E-state index in [0.717, 1.165) is 4.90 Å². The third kappa shape index (κ3) is 11.7. The minimum atomic E-state index is -4.23. The number of amides is 5. The number of unbranched alkanes of at least 4 members (excludes halogenated alkanes) is 2. The maximum absolute atomic E-state index is 13.8. The Morgan fingerprint density at radius 3 is 2.02 bits per heavy atom. The number of benzene rings is 2. The zero-order chi connectivity index (χ0) is 34.7. The SMILES string of the molecule is CNC(=O)[C@H](Cc1ccc(OCCCCCS(=O)(=O)[O-])cc1)NC(=O)[C@H](CC(C)C)C(CN1C(=O)c2ccccc2C1=O)C(=O)NO.[Na+]. The Bertz CT molecular complexity index is 1520. The first kappa shape index (κ1) is 40.8. The maximum atomic E-state index is 13.8. The van der Waals surface area contributed by atoms with Gasteiger partial charge >= 0.3 is 29.6 Å². The monoisotopic (exact) mass is 696 g/mol. The second kappa shape index (κ2) is 19.0. The van der Waals surface area contributed by atoms with Crippen LogP contribution in [-0.2, 0) is 30.9 Å². The van der Waals surface area contributed by atoms with Crippen molar-refractivity contribution in [2.75, 3.05) is 26.0 Å². The van der Waals surface area contributed by atoms with Crippen LogP contribution in [0.4, 0.5) is 0 Å². The van der Waals surface area contributed by atoms with Crippen LogP contribution in [0.2, 0.25) is 0 Å². The van der Waals surface area contributed by atoms with Gasteiger partial charge in [0.25, 0.3) is 11.8 Å². The number of likely N-dealkylation sites (N-methyl/N-ethyl adjacent to an activating group) is 1. The summed E-state index contributed by atoms with van der Waals surface area (Å²) in [5.41, 5.74) is 2.60. The zero-order valence-electron chi connectivity index (χ0n) is 27.6. The Morgan fingerprint density at radius 1 is 0.896 bits per heavy atom. The van der Waals surface area contributed by atoms with Gasteiger partial charge in [-0.3, -0.25) is 34.1 Å². The maximum Gasteiger partial charge on any atom is 1.00 e. The molecule has 0 aromatic heterocycles. The Morgan fingerprint density at radius 2 is 1.50 bits per heavy atom. The van der Waals surface area contributed by atoms with E-state index in [-0.39, 0.29) is 65.9 Å². The summed E-state index contributed by atoms with van der Waals surface area (Å²) in [5, 5.41) is 14.8. The Labute approximate surface area is 302 Å². The molecule has 14 nitrogen and oxygen atoms in total. The fourth-order valence-electron chi connectivity index (χ4n) is 5.41. The molecular weight excluding hydrogens is 655 g/mol. The summed E-state index contributed by atoms with van der Waals surface area (Å²) in [7, 11) is -2.81. The minimum Gasteiger partial charge on any atom is -0.748 e. The molecule has 256 valence electrons. The molecule has 0 radical (unpaired) electrons. The number of carbonyl (C=O) groups excluding carboxylic acids is 5. The number of carbonyl (C=O) groups is 5. The van der Waals surface area contributed by atoms with Crippen LogP contribution in [0.1, 0.15) is 65.8 Å². The smallest absolute Gasteiger partial charge is 0.748 e. The van der Waals surface area contributed by atoms with Gasteiger partial charge in [0.15, 0.2) is 0 Å². The van der Waals surface area contributed by atoms with Crippen molar-refractivity contribution in [3.63, 3.8) is 0 Å². The largest absolute Gasteiger partial charge is 1.00 e. The summed E-state index contributed by atoms with van der Waals surface area (Å²) < 4.78 is 37.7. The molecule has 0 bridgehead atoms. The number of hydrogen-bond acceptors (Lipinski definition) is 10. The van der Waals surface area contributed by atoms with E-state index < -0.39 is 69.8 Å². The Hall–Kier alpha value is -3.34. The van der Waals surface area contributed by atoms with Crippen molar-refractivity contribution in [2.45, 2.75) is 52.0 Å². The second-order valence-corrected chi connectivity index (χ2v) is 13.3. The van der Waals surface area contributed by atoms with Crippen LogP contribution in [0, 0.1) is 17.8 Å². The van der Waals surface area contributed by atoms with Crippen LogP contribution in [0.25, 0.3) is 0 Å². The molecule has 2 aromatic carbocycles. The van der Waals surface area contributed by atoms with Crippen LogP contribution in [0.15, 0.2) is 48.5 Å². The number of hydroxylamine groups is 1. The molecule has 1 unspecified atom stereocenters. The molecule has 0 fully saturated rings. The van der Waals surface area contributed by atoms with Crippen molar-refractivity contribution in [2.24, 2.45) is 17.8 Å². The van der Waals surface area contributed by atoms with Gasteiger partial charge in [0.1, 0.15) is 11.8 Å². The number of nitrogens with zero attached hydrogens (tertiary/aromatic N) is 1. The van der Waals surface area contributed by atoms with Crippen molar-refractivity contribution in [1.29, 1.82) is 0 Å². The van der Waals surface area contributed by atoms with E-state index >= 15 is 0 Å². The molecule has 0 saturated carbocycles. The van der Waals surface area contributed by atoms with Gasteiger partial charge in [-0.2, -0.15) is 0 Å². The first-order valence-corrected chi connectivity index (χ1v) is 16.9. The van der Waals surface area contributed by atoms with Crippen molar-refractivity contribution in [3.8, 4) is 5.75 Å². The number of nitrogens with one attached hydrogen (secondary N) is 3. The van der Waals surface area contributed by atoms with E-state index in [0.29, 0.717) is 30.8 Å². The molecule has 3 atom stereocenters. The number of rotatable bonds is 18. The quantitative estimate of drug-likeness (QED) is 0.0359. The summed E-state index contributed by atoms with van der Waals surface area (Å²) in [5.74, 6) is -5.78. The summed E-state index contributed by atoms with van der Waals surface area (Å²) >= 11 is 0. The van der Waals surface area contributed by atoms with Crippen LogP contribution in [0.3, 0.4) is 0 Å². The molecule has 16 heteroatoms. The van der Waals surface area contributed by atoms with Gasteiger partial charge < -0.3 is 19.9 Å². The molecule has 1 aliphatic rings. The normalized spacial score (nSPS) is 14.4. The molecule has 1 aliphatic heterocycles. The van der Waals surface area contributed by atoms with E-state index in [2.05, 4.69) is 10.6 Å². The summed E-state index contributed by atoms with van der Waals surface area (Å²) in [6.07, 6.45) is 1.56. The Balaban J connectivity index is 0.00000800. The molecule has 4 N–H and O–H groups in total. The minimum absolute atomic E-state index is 0. The molecule has 3 rings (SSSR count). The van der Waals surface area contributed by atoms with E-state index in [1.165, 1.54) is 19.2 Å². The average Bonchev–Trinajstić information content (AvgIpc) is 3.27. The van der Waals surface area contributed by atoms with Gasteiger partial charge in [-0.1, -0.05) is 38.1 Å². The zero-order valence-corrected chi connectivity index (χ0v) is 30.4. The van der Waals surface area contributed by atoms with E-state index in [4.69, 9.17) is 4.74 Å². The van der Waals surface area contributed by atoms with Gasteiger partial charge in [0.05, 0.1) is 39.7 Å². The van der Waals surface area contributed by atoms with Crippen LogP contribution in [0.5, 0.6) is 5.75 Å². The second-order valence-electron chi connectivity index (χ2n) is 11.8. The molecule has 0 aliphatic carbocycles. The van der Waals surface area contributed by atoms with Gasteiger partial charge in [-0.25, -0.2) is 13.9 Å². The summed E-state index contributed by atoms with van der Waals surface area (Å²) in [6, 6.07) is 12.0. The topological polar surface area (TPSA) is 211 Å². The predicted octanol–water partition coefficient (Wildman–Crippen LogP) is -1.36. The molecule has 48 heavy (non-hydrogen) atoms. The fraction of sp³-hybridized carbons (Fsp3) is 0.469. The number of imide groups is 1. The summed E-state index contributed by atoms with van der Waals surface area (Å²) in [6.45, 7) is 3.50. The standard InChI is InChI=1S/C32H42N4O10S.Na/c1-20(2)17-25(26(29(38)35-42)19-36-31(40)23-9-5-6-10-24(23)32(36)41)28(37)34-27(30(39)33-3)18-21-11-13-22(14-12-21)46-15-7-4-8-16-47(43,44)45;/h5-6,9-14,20,25-27,42H,4,7-8,15-19H2,1-3H3,(H,33,39)(H,34,37)(H,35,38)(H,43,44,45);/q;+1/p-1/t25-,26?,27+;/m1./s1. The van der Waals surface area contributed by atoms with Crippen LogP contribution >= 0.6 is 0 Å². The number of hydrogen-bond donors (Lipinski definition) is 4. The van der Waals surface area contributed by atoms with Gasteiger partial charge in [0.2, 0.25) is 17.7 Å². The van der Waals surface area contributed by atoms with E-state index in [9.17, 15) is 42.2 Å². The van der Waals surface area contributed by atoms with Gasteiger partial charge in [0, 0.05) is 25.8 Å². The average molecular weight is 697 g/mol. The van der Waals surface area contributed by atoms with Gasteiger partial charge in [-0.05, 0) is 61.4 Å². The number of fused-ring (bicyclic) bond motifs is 1. The van der Waals surface area contributed by atoms with Crippen molar-refractivity contribution < 1.29 is 76.4 Å². The predicted molar refractivity (Wildman–Crippen MR) is 168 cm³/mol. The van der Waals surface area contributed by atoms with Crippen LogP contribution in [-0.4, -0.2) is 84.6 Å². The first-order valence-electron chi connectivity index (χ1n) is 15.3. The third-order valence-electron chi connectivity index (χ3n) is 7.80. The van der Waals surface area contributed by atoms with E-state index in [1.54, 1.807) is 41.9 Å². The number of ether oxygens (including phenoxy) is 1. The summed E-state index contributed by atoms with van der Waals surface area (Å²) in [4.78, 5) is 66.6. The molecule has 1 heterocycles. The molecule has 2 aromatic rings. The molecular formula is C32H41N4NaO10S. The fourth-order valence-corrected chi connectivity index (χ4v) is 5.96. The van der Waals surface area contributed by atoms with Crippen molar-refractivity contribution >= 4 is 39.7 Å². The molecule has 5 amide bonds. The van der Waals surface area contributed by atoms with Crippen molar-refractivity contribution in [1.82, 2.24) is 21.0 Å². The molecule has 0 spiro atoms. The Kier molecular flexibility index (Phi) is 16.2. The van der Waals surface area contributed by atoms with E-state index in [1.807, 2.05) is 13.8 Å². The first-order chi connectivity index (χ1) is 22.2. The van der Waals surface area contributed by atoms with Crippen LogP contribution < -0.4 is 50.4 Å². The van der Waals surface area contributed by atoms with Crippen molar-refractivity contribution in [3.05, 3.63) is 65.2 Å². The molecule has 0 saturated heterocycles.